The van der Waals surface area contributed by atoms with Crippen molar-refractivity contribution in [1.82, 2.24) is 10.2 Å². The van der Waals surface area contributed by atoms with Crippen LogP contribution in [0.2, 0.25) is 0 Å². The summed E-state index contributed by atoms with van der Waals surface area (Å²) >= 11 is 0. The summed E-state index contributed by atoms with van der Waals surface area (Å²) < 4.78 is 0. The fourth-order valence-electron chi connectivity index (χ4n) is 1.40. The van der Waals surface area contributed by atoms with E-state index < -0.39 is 0 Å². The molecule has 1 unspecified atom stereocenters. The lowest BCUT2D eigenvalue weighted by Gasteiger charge is -1.99. The molecule has 15 heavy (non-hydrogen) atoms. The lowest BCUT2D eigenvalue weighted by molar-refractivity contribution is 0.477. The molecule has 0 fully saturated rings. The molecule has 1 aromatic carbocycles. The van der Waals surface area contributed by atoms with E-state index >= 15 is 0 Å². The zero-order valence-electron chi connectivity index (χ0n) is 8.44. The van der Waals surface area contributed by atoms with Gasteiger partial charge in [-0.2, -0.15) is 5.10 Å². The van der Waals surface area contributed by atoms with Gasteiger partial charge in [-0.05, 0) is 25.1 Å². The van der Waals surface area contributed by atoms with Crippen LogP contribution in [0.3, 0.4) is 0 Å². The fraction of sp³-hybridized carbons (Fsp3) is 0.182. The third-order valence-electron chi connectivity index (χ3n) is 2.27. The number of H-pyrrole nitrogens is 1. The van der Waals surface area contributed by atoms with Gasteiger partial charge >= 0.3 is 0 Å². The highest BCUT2D eigenvalue weighted by Gasteiger charge is 2.09. The van der Waals surface area contributed by atoms with E-state index in [0.717, 1.165) is 5.69 Å². The molecular weight excluding hydrogens is 190 g/mol. The molecule has 0 saturated carbocycles. The molecule has 0 bridgehead atoms. The standard InChI is InChI=1S/C11H13N3O/c1-7(12)9-6-10(14-13-9)8-4-2-3-5-11(8)15/h2-7,15H,12H2,1H3,(H,13,14). The predicted molar refractivity (Wildman–Crippen MR) is 58.3 cm³/mol. The maximum Gasteiger partial charge on any atom is 0.125 e. The smallest absolute Gasteiger partial charge is 0.125 e. The number of nitrogens with two attached hydrogens (primary N) is 1. The van der Waals surface area contributed by atoms with Crippen LogP contribution in [0.4, 0.5) is 0 Å². The third kappa shape index (κ3) is 1.85. The van der Waals surface area contributed by atoms with E-state index in [1.807, 2.05) is 25.1 Å². The average molecular weight is 203 g/mol. The van der Waals surface area contributed by atoms with E-state index in [4.69, 9.17) is 5.73 Å². The maximum absolute atomic E-state index is 9.63. The number of nitrogens with zero attached hydrogens (tertiary/aromatic N) is 1. The van der Waals surface area contributed by atoms with Crippen LogP contribution >= 0.6 is 0 Å². The molecule has 4 N–H and O–H groups in total. The van der Waals surface area contributed by atoms with Crippen LogP contribution in [0.1, 0.15) is 18.7 Å². The second-order valence-corrected chi connectivity index (χ2v) is 3.51. The number of aromatic nitrogens is 2. The Labute approximate surface area is 87.7 Å². The van der Waals surface area contributed by atoms with E-state index in [1.165, 1.54) is 0 Å². The molecule has 4 nitrogen and oxygen atoms in total. The van der Waals surface area contributed by atoms with Crippen LogP contribution in [0.15, 0.2) is 30.3 Å². The van der Waals surface area contributed by atoms with Crippen LogP contribution in [-0.2, 0) is 0 Å². The minimum Gasteiger partial charge on any atom is -0.507 e. The van der Waals surface area contributed by atoms with Crippen LogP contribution in [0.5, 0.6) is 5.75 Å². The minimum absolute atomic E-state index is 0.0860. The topological polar surface area (TPSA) is 74.9 Å². The number of hydrogen-bond acceptors (Lipinski definition) is 3. The van der Waals surface area contributed by atoms with Gasteiger partial charge in [0.05, 0.1) is 11.4 Å². The molecule has 0 aliphatic heterocycles. The molecule has 4 heteroatoms. The highest BCUT2D eigenvalue weighted by Crippen LogP contribution is 2.27. The number of para-hydroxylation sites is 1. The molecule has 1 aromatic heterocycles. The SMILES string of the molecule is CC(N)c1cc(-c2ccccc2O)n[nH]1. The number of phenolic OH excluding ortho intramolecular Hbond substituents is 1. The fourth-order valence-corrected chi connectivity index (χ4v) is 1.40. The number of aromatic hydroxyl groups is 1. The van der Waals surface area contributed by atoms with Crippen molar-refractivity contribution in [2.24, 2.45) is 5.73 Å². The lowest BCUT2D eigenvalue weighted by atomic mass is 10.1. The molecule has 2 aromatic rings. The monoisotopic (exact) mass is 203 g/mol. The second kappa shape index (κ2) is 3.74. The number of rotatable bonds is 2. The van der Waals surface area contributed by atoms with Gasteiger partial charge in [-0.1, -0.05) is 12.1 Å². The highest BCUT2D eigenvalue weighted by molar-refractivity contribution is 5.66. The predicted octanol–water partition coefficient (Wildman–Crippen LogP) is 1.80. The molecule has 0 aliphatic carbocycles. The molecule has 0 saturated heterocycles. The van der Waals surface area contributed by atoms with Crippen LogP contribution < -0.4 is 5.73 Å². The van der Waals surface area contributed by atoms with Crippen molar-refractivity contribution >= 4 is 0 Å². The summed E-state index contributed by atoms with van der Waals surface area (Å²) in [5, 5.41) is 16.6. The van der Waals surface area contributed by atoms with Gasteiger partial charge in [-0.15, -0.1) is 0 Å². The first-order valence-corrected chi connectivity index (χ1v) is 4.77. The lowest BCUT2D eigenvalue weighted by Crippen LogP contribution is -2.04. The maximum atomic E-state index is 9.63. The third-order valence-corrected chi connectivity index (χ3v) is 2.27. The second-order valence-electron chi connectivity index (χ2n) is 3.51. The highest BCUT2D eigenvalue weighted by atomic mass is 16.3. The van der Waals surface area contributed by atoms with Crippen molar-refractivity contribution in [2.45, 2.75) is 13.0 Å². The van der Waals surface area contributed by atoms with Gasteiger partial charge in [0, 0.05) is 11.6 Å². The van der Waals surface area contributed by atoms with Gasteiger partial charge in [0.1, 0.15) is 5.75 Å². The van der Waals surface area contributed by atoms with Crippen molar-refractivity contribution in [3.8, 4) is 17.0 Å². The van der Waals surface area contributed by atoms with E-state index in [0.29, 0.717) is 11.3 Å². The number of aromatic amines is 1. The summed E-state index contributed by atoms with van der Waals surface area (Å²) in [7, 11) is 0. The molecule has 0 amide bonds. The zero-order valence-corrected chi connectivity index (χ0v) is 8.44. The van der Waals surface area contributed by atoms with E-state index in [-0.39, 0.29) is 11.8 Å². The van der Waals surface area contributed by atoms with Crippen LogP contribution in [0, 0.1) is 0 Å². The summed E-state index contributed by atoms with van der Waals surface area (Å²) in [5.41, 5.74) is 7.98. The normalized spacial score (nSPS) is 12.7. The number of nitrogens with one attached hydrogen (secondary N) is 1. The van der Waals surface area contributed by atoms with Crippen molar-refractivity contribution in [1.29, 1.82) is 0 Å². The Morgan fingerprint density at radius 1 is 1.40 bits per heavy atom. The van der Waals surface area contributed by atoms with Crippen LogP contribution in [0.25, 0.3) is 11.3 Å². The van der Waals surface area contributed by atoms with Gasteiger partial charge in [0.25, 0.3) is 0 Å². The van der Waals surface area contributed by atoms with Crippen molar-refractivity contribution in [3.05, 3.63) is 36.0 Å². The van der Waals surface area contributed by atoms with Gasteiger partial charge in [-0.25, -0.2) is 0 Å². The number of benzene rings is 1. The summed E-state index contributed by atoms with van der Waals surface area (Å²) in [6.45, 7) is 1.88. The van der Waals surface area contributed by atoms with E-state index in [1.54, 1.807) is 12.1 Å². The molecule has 1 heterocycles. The summed E-state index contributed by atoms with van der Waals surface area (Å²) in [6.07, 6.45) is 0. The number of phenols is 1. The summed E-state index contributed by atoms with van der Waals surface area (Å²) in [6, 6.07) is 8.84. The molecule has 1 atom stereocenters. The zero-order chi connectivity index (χ0) is 10.8. The quantitative estimate of drug-likeness (QED) is 0.696. The molecule has 2 rings (SSSR count). The largest absolute Gasteiger partial charge is 0.507 e. The van der Waals surface area contributed by atoms with E-state index in [9.17, 15) is 5.11 Å². The summed E-state index contributed by atoms with van der Waals surface area (Å²) in [4.78, 5) is 0. The minimum atomic E-state index is -0.0860. The molecule has 0 aliphatic rings. The Kier molecular flexibility index (Phi) is 2.43. The van der Waals surface area contributed by atoms with Crippen LogP contribution in [-0.4, -0.2) is 15.3 Å². The first kappa shape index (κ1) is 9.73. The van der Waals surface area contributed by atoms with Gasteiger partial charge in [0.2, 0.25) is 0 Å². The molecule has 0 spiro atoms. The Bertz CT molecular complexity index is 462. The van der Waals surface area contributed by atoms with E-state index in [2.05, 4.69) is 10.2 Å². The van der Waals surface area contributed by atoms with Gasteiger partial charge in [0.15, 0.2) is 0 Å². The first-order valence-electron chi connectivity index (χ1n) is 4.77. The first-order chi connectivity index (χ1) is 7.18. The van der Waals surface area contributed by atoms with Gasteiger partial charge < -0.3 is 10.8 Å². The molecular formula is C11H13N3O. The van der Waals surface area contributed by atoms with Gasteiger partial charge in [-0.3, -0.25) is 5.10 Å². The van der Waals surface area contributed by atoms with Crippen molar-refractivity contribution in [3.63, 3.8) is 0 Å². The molecule has 0 radical (unpaired) electrons. The van der Waals surface area contributed by atoms with Crippen molar-refractivity contribution < 1.29 is 5.11 Å². The number of hydrogen-bond donors (Lipinski definition) is 3. The Morgan fingerprint density at radius 3 is 2.73 bits per heavy atom. The summed E-state index contributed by atoms with van der Waals surface area (Å²) in [5.74, 6) is 0.222. The Hall–Kier alpha value is -1.81. The Balaban J connectivity index is 2.42. The molecule has 78 valence electrons. The Morgan fingerprint density at radius 2 is 2.13 bits per heavy atom. The van der Waals surface area contributed by atoms with Crippen molar-refractivity contribution in [2.75, 3.05) is 0 Å². The average Bonchev–Trinajstić information content (AvgIpc) is 2.67.